The van der Waals surface area contributed by atoms with Crippen LogP contribution in [0.3, 0.4) is 0 Å². The van der Waals surface area contributed by atoms with Crippen molar-refractivity contribution in [2.45, 2.75) is 33.2 Å². The summed E-state index contributed by atoms with van der Waals surface area (Å²) >= 11 is 1.22. The second-order valence-corrected chi connectivity index (χ2v) is 9.48. The number of hydrogen-bond acceptors (Lipinski definition) is 5. The van der Waals surface area contributed by atoms with Crippen molar-refractivity contribution in [2.24, 2.45) is 0 Å². The SMILES string of the molecule is COc1cccc(C(=O)Nc2sc3c(c2C(=O)O)CCN(C(=O)Cc2cc(C)ccc2C)C3)c1. The lowest BCUT2D eigenvalue weighted by atomic mass is 10.00. The van der Waals surface area contributed by atoms with E-state index in [1.54, 1.807) is 29.2 Å². The number of carbonyl (C=O) groups excluding carboxylic acids is 2. The van der Waals surface area contributed by atoms with Gasteiger partial charge < -0.3 is 20.1 Å². The molecule has 1 aliphatic rings. The van der Waals surface area contributed by atoms with Gasteiger partial charge in [0.1, 0.15) is 10.8 Å². The number of anilines is 1. The van der Waals surface area contributed by atoms with Gasteiger partial charge in [-0.1, -0.05) is 29.8 Å². The molecule has 0 fully saturated rings. The van der Waals surface area contributed by atoms with Crippen LogP contribution in [0, 0.1) is 13.8 Å². The van der Waals surface area contributed by atoms with Crippen molar-refractivity contribution in [3.63, 3.8) is 0 Å². The molecule has 0 saturated carbocycles. The maximum absolute atomic E-state index is 13.0. The van der Waals surface area contributed by atoms with Crippen LogP contribution in [0.2, 0.25) is 0 Å². The fourth-order valence-corrected chi connectivity index (χ4v) is 5.39. The summed E-state index contributed by atoms with van der Waals surface area (Å²) in [5.41, 5.74) is 4.34. The smallest absolute Gasteiger partial charge is 0.339 e. The first-order valence-electron chi connectivity index (χ1n) is 10.9. The van der Waals surface area contributed by atoms with E-state index in [0.29, 0.717) is 42.8 Å². The Kier molecular flexibility index (Phi) is 6.70. The highest BCUT2D eigenvalue weighted by Gasteiger charge is 2.30. The maximum atomic E-state index is 13.0. The Bertz CT molecular complexity index is 1280. The third-order valence-corrected chi connectivity index (χ3v) is 7.16. The van der Waals surface area contributed by atoms with Crippen LogP contribution in [0.4, 0.5) is 5.00 Å². The first-order chi connectivity index (χ1) is 16.3. The van der Waals surface area contributed by atoms with Gasteiger partial charge in [-0.3, -0.25) is 9.59 Å². The molecule has 0 bridgehead atoms. The Labute approximate surface area is 202 Å². The molecule has 0 aliphatic carbocycles. The van der Waals surface area contributed by atoms with Crippen LogP contribution in [0.5, 0.6) is 5.75 Å². The number of nitrogens with one attached hydrogen (secondary N) is 1. The highest BCUT2D eigenvalue weighted by Crippen LogP contribution is 2.37. The lowest BCUT2D eigenvalue weighted by molar-refractivity contribution is -0.131. The van der Waals surface area contributed by atoms with Gasteiger partial charge in [-0.05, 0) is 55.2 Å². The van der Waals surface area contributed by atoms with E-state index >= 15 is 0 Å². The monoisotopic (exact) mass is 478 g/mol. The molecule has 0 radical (unpaired) electrons. The second-order valence-electron chi connectivity index (χ2n) is 8.37. The summed E-state index contributed by atoms with van der Waals surface area (Å²) < 4.78 is 5.17. The quantitative estimate of drug-likeness (QED) is 0.546. The van der Waals surface area contributed by atoms with Gasteiger partial charge in [0.05, 0.1) is 25.6 Å². The van der Waals surface area contributed by atoms with Gasteiger partial charge in [-0.2, -0.15) is 0 Å². The number of amides is 2. The van der Waals surface area contributed by atoms with Crippen LogP contribution < -0.4 is 10.1 Å². The summed E-state index contributed by atoms with van der Waals surface area (Å²) in [6.45, 7) is 4.77. The third-order valence-electron chi connectivity index (χ3n) is 6.03. The molecule has 4 rings (SSSR count). The highest BCUT2D eigenvalue weighted by molar-refractivity contribution is 7.17. The molecule has 2 heterocycles. The average Bonchev–Trinajstić information content (AvgIpc) is 3.18. The van der Waals surface area contributed by atoms with Crippen molar-refractivity contribution in [3.05, 3.63) is 80.7 Å². The van der Waals surface area contributed by atoms with Crippen molar-refractivity contribution in [3.8, 4) is 5.75 Å². The lowest BCUT2D eigenvalue weighted by Crippen LogP contribution is -2.36. The Morgan fingerprint density at radius 2 is 1.94 bits per heavy atom. The van der Waals surface area contributed by atoms with Gasteiger partial charge in [0.25, 0.3) is 5.91 Å². The van der Waals surface area contributed by atoms with E-state index in [1.165, 1.54) is 18.4 Å². The van der Waals surface area contributed by atoms with Crippen molar-refractivity contribution >= 4 is 34.1 Å². The molecule has 2 amide bonds. The number of carbonyl (C=O) groups is 3. The fraction of sp³-hybridized carbons (Fsp3) is 0.269. The molecule has 176 valence electrons. The normalized spacial score (nSPS) is 12.7. The van der Waals surface area contributed by atoms with E-state index < -0.39 is 11.9 Å². The zero-order chi connectivity index (χ0) is 24.4. The van der Waals surface area contributed by atoms with Crippen molar-refractivity contribution < 1.29 is 24.2 Å². The van der Waals surface area contributed by atoms with Gasteiger partial charge in [0.2, 0.25) is 5.91 Å². The molecule has 2 N–H and O–H groups in total. The molecule has 8 heteroatoms. The van der Waals surface area contributed by atoms with Gasteiger partial charge in [0.15, 0.2) is 0 Å². The summed E-state index contributed by atoms with van der Waals surface area (Å²) in [5, 5.41) is 12.9. The molecule has 0 atom stereocenters. The number of fused-ring (bicyclic) bond motifs is 1. The van der Waals surface area contributed by atoms with E-state index in [4.69, 9.17) is 4.74 Å². The van der Waals surface area contributed by atoms with E-state index in [1.807, 2.05) is 32.0 Å². The van der Waals surface area contributed by atoms with Gasteiger partial charge in [-0.25, -0.2) is 4.79 Å². The number of benzene rings is 2. The van der Waals surface area contributed by atoms with Crippen LogP contribution in [0.1, 0.15) is 47.8 Å². The number of aryl methyl sites for hydroxylation is 2. The fourth-order valence-electron chi connectivity index (χ4n) is 4.14. The summed E-state index contributed by atoms with van der Waals surface area (Å²) in [7, 11) is 1.51. The summed E-state index contributed by atoms with van der Waals surface area (Å²) in [5.74, 6) is -0.961. The minimum absolute atomic E-state index is 0.00610. The van der Waals surface area contributed by atoms with E-state index in [0.717, 1.165) is 21.6 Å². The van der Waals surface area contributed by atoms with Crippen LogP contribution >= 0.6 is 11.3 Å². The Morgan fingerprint density at radius 3 is 2.68 bits per heavy atom. The number of nitrogens with zero attached hydrogens (tertiary/aromatic N) is 1. The van der Waals surface area contributed by atoms with Crippen molar-refractivity contribution in [2.75, 3.05) is 19.0 Å². The number of rotatable bonds is 6. The topological polar surface area (TPSA) is 95.9 Å². The molecule has 2 aromatic carbocycles. The second kappa shape index (κ2) is 9.69. The average molecular weight is 479 g/mol. The molecule has 7 nitrogen and oxygen atoms in total. The first-order valence-corrected chi connectivity index (χ1v) is 11.8. The van der Waals surface area contributed by atoms with Crippen LogP contribution in [0.15, 0.2) is 42.5 Å². The molecule has 34 heavy (non-hydrogen) atoms. The van der Waals surface area contributed by atoms with E-state index in [9.17, 15) is 19.5 Å². The van der Waals surface area contributed by atoms with Gasteiger partial charge >= 0.3 is 5.97 Å². The highest BCUT2D eigenvalue weighted by atomic mass is 32.1. The zero-order valence-corrected chi connectivity index (χ0v) is 20.1. The van der Waals surface area contributed by atoms with Gasteiger partial charge in [-0.15, -0.1) is 11.3 Å². The molecular weight excluding hydrogens is 452 g/mol. The summed E-state index contributed by atoms with van der Waals surface area (Å²) in [4.78, 5) is 40.4. The molecular formula is C26H26N2O5S. The molecule has 1 aromatic heterocycles. The minimum atomic E-state index is -1.09. The van der Waals surface area contributed by atoms with E-state index in [2.05, 4.69) is 5.32 Å². The molecule has 0 saturated heterocycles. The predicted molar refractivity (Wildman–Crippen MR) is 131 cm³/mol. The number of aromatic carboxylic acids is 1. The Hall–Kier alpha value is -3.65. The summed E-state index contributed by atoms with van der Waals surface area (Å²) in [6.07, 6.45) is 0.737. The number of methoxy groups -OCH3 is 1. The Balaban J connectivity index is 1.55. The predicted octanol–water partition coefficient (Wildman–Crippen LogP) is 4.45. The molecule has 3 aromatic rings. The molecule has 1 aliphatic heterocycles. The Morgan fingerprint density at radius 1 is 1.15 bits per heavy atom. The maximum Gasteiger partial charge on any atom is 0.339 e. The number of ether oxygens (including phenoxy) is 1. The number of thiophene rings is 1. The van der Waals surface area contributed by atoms with Gasteiger partial charge in [0, 0.05) is 17.0 Å². The minimum Gasteiger partial charge on any atom is -0.497 e. The number of carboxylic acid groups (broad SMARTS) is 1. The van der Waals surface area contributed by atoms with Crippen molar-refractivity contribution in [1.29, 1.82) is 0 Å². The van der Waals surface area contributed by atoms with Crippen LogP contribution in [-0.4, -0.2) is 41.4 Å². The standard InChI is InChI=1S/C26H26N2O5S/c1-15-7-8-16(2)18(11-15)13-22(29)28-10-9-20-21(14-28)34-25(23(20)26(31)32)27-24(30)17-5-4-6-19(12-17)33-3/h4-8,11-12H,9-10,13-14H2,1-3H3,(H,27,30)(H,31,32). The third kappa shape index (κ3) is 4.82. The summed E-state index contributed by atoms with van der Waals surface area (Å²) in [6, 6.07) is 12.7. The van der Waals surface area contributed by atoms with Crippen LogP contribution in [-0.2, 0) is 24.2 Å². The largest absolute Gasteiger partial charge is 0.497 e. The molecule has 0 unspecified atom stereocenters. The van der Waals surface area contributed by atoms with Crippen LogP contribution in [0.25, 0.3) is 0 Å². The number of carboxylic acids is 1. The van der Waals surface area contributed by atoms with Crippen molar-refractivity contribution in [1.82, 2.24) is 4.90 Å². The first kappa shape index (κ1) is 23.5. The lowest BCUT2D eigenvalue weighted by Gasteiger charge is -2.27. The number of hydrogen-bond donors (Lipinski definition) is 2. The zero-order valence-electron chi connectivity index (χ0n) is 19.3. The molecule has 0 spiro atoms. The van der Waals surface area contributed by atoms with E-state index in [-0.39, 0.29) is 16.5 Å².